The molecule has 3 rings (SSSR count). The number of aryl methyl sites for hydroxylation is 2. The first-order chi connectivity index (χ1) is 13.7. The lowest BCUT2D eigenvalue weighted by Crippen LogP contribution is -2.46. The number of piperidine rings is 1. The Balaban J connectivity index is 1.70. The van der Waals surface area contributed by atoms with Gasteiger partial charge in [0.25, 0.3) is 5.91 Å². The first-order valence-electron chi connectivity index (χ1n) is 9.48. The summed E-state index contributed by atoms with van der Waals surface area (Å²) < 4.78 is 33.1. The molecule has 1 fully saturated rings. The van der Waals surface area contributed by atoms with E-state index in [0.717, 1.165) is 11.1 Å². The van der Waals surface area contributed by atoms with E-state index in [0.29, 0.717) is 42.1 Å². The zero-order chi connectivity index (χ0) is 21.2. The number of benzene rings is 2. The Bertz CT molecular complexity index is 1010. The van der Waals surface area contributed by atoms with Gasteiger partial charge in [-0.15, -0.1) is 12.6 Å². The van der Waals surface area contributed by atoms with Crippen molar-refractivity contribution in [2.75, 3.05) is 20.2 Å². The van der Waals surface area contributed by atoms with Crippen LogP contribution in [0.15, 0.2) is 46.2 Å². The van der Waals surface area contributed by atoms with Crippen molar-refractivity contribution in [3.05, 3.63) is 53.1 Å². The van der Waals surface area contributed by atoms with Gasteiger partial charge >= 0.3 is 0 Å². The lowest BCUT2D eigenvalue weighted by molar-refractivity contribution is 0.0921. The SMILES string of the molecule is COc1cc(C)c(C)cc1S(=O)(=O)N1CCC(NC(=O)c2ccccc2S)CC1. The third-order valence-electron chi connectivity index (χ3n) is 5.34. The summed E-state index contributed by atoms with van der Waals surface area (Å²) in [6.07, 6.45) is 1.10. The lowest BCUT2D eigenvalue weighted by Gasteiger charge is -2.32. The van der Waals surface area contributed by atoms with E-state index in [-0.39, 0.29) is 16.8 Å². The summed E-state index contributed by atoms with van der Waals surface area (Å²) in [4.78, 5) is 13.3. The maximum Gasteiger partial charge on any atom is 0.252 e. The molecule has 0 unspecified atom stereocenters. The molecule has 6 nitrogen and oxygen atoms in total. The summed E-state index contributed by atoms with van der Waals surface area (Å²) in [5.74, 6) is 0.168. The molecule has 29 heavy (non-hydrogen) atoms. The molecule has 156 valence electrons. The van der Waals surface area contributed by atoms with Crippen molar-refractivity contribution in [1.82, 2.24) is 9.62 Å². The highest BCUT2D eigenvalue weighted by molar-refractivity contribution is 7.89. The molecule has 1 amide bonds. The molecule has 1 heterocycles. The molecule has 1 saturated heterocycles. The van der Waals surface area contributed by atoms with Crippen molar-refractivity contribution in [3.8, 4) is 5.75 Å². The van der Waals surface area contributed by atoms with E-state index < -0.39 is 10.0 Å². The molecule has 0 aliphatic carbocycles. The first-order valence-corrected chi connectivity index (χ1v) is 11.4. The van der Waals surface area contributed by atoms with Crippen LogP contribution in [0.2, 0.25) is 0 Å². The quantitative estimate of drug-likeness (QED) is 0.709. The number of nitrogens with one attached hydrogen (secondary N) is 1. The predicted molar refractivity (Wildman–Crippen MR) is 115 cm³/mol. The van der Waals surface area contributed by atoms with Crippen molar-refractivity contribution in [1.29, 1.82) is 0 Å². The highest BCUT2D eigenvalue weighted by Gasteiger charge is 2.32. The van der Waals surface area contributed by atoms with Crippen LogP contribution in [0.5, 0.6) is 5.75 Å². The summed E-state index contributed by atoms with van der Waals surface area (Å²) in [6, 6.07) is 10.5. The Morgan fingerprint density at radius 3 is 2.38 bits per heavy atom. The maximum absolute atomic E-state index is 13.2. The zero-order valence-electron chi connectivity index (χ0n) is 16.8. The zero-order valence-corrected chi connectivity index (χ0v) is 18.5. The fourth-order valence-corrected chi connectivity index (χ4v) is 5.39. The summed E-state index contributed by atoms with van der Waals surface area (Å²) in [5.41, 5.74) is 2.40. The van der Waals surface area contributed by atoms with Gasteiger partial charge in [-0.3, -0.25) is 4.79 Å². The molecule has 0 radical (unpaired) electrons. The van der Waals surface area contributed by atoms with Gasteiger partial charge in [-0.25, -0.2) is 8.42 Å². The van der Waals surface area contributed by atoms with Crippen LogP contribution in [0.1, 0.15) is 34.3 Å². The van der Waals surface area contributed by atoms with Gasteiger partial charge in [0, 0.05) is 24.0 Å². The highest BCUT2D eigenvalue weighted by atomic mass is 32.2. The number of thiol groups is 1. The highest BCUT2D eigenvalue weighted by Crippen LogP contribution is 2.31. The van der Waals surface area contributed by atoms with Crippen LogP contribution < -0.4 is 10.1 Å². The molecular weight excluding hydrogens is 408 g/mol. The Morgan fingerprint density at radius 1 is 1.14 bits per heavy atom. The van der Waals surface area contributed by atoms with Gasteiger partial charge in [-0.2, -0.15) is 4.31 Å². The van der Waals surface area contributed by atoms with Crippen LogP contribution in [-0.4, -0.2) is 44.9 Å². The number of carbonyl (C=O) groups excluding carboxylic acids is 1. The van der Waals surface area contributed by atoms with Crippen LogP contribution in [0.25, 0.3) is 0 Å². The molecule has 1 N–H and O–H groups in total. The van der Waals surface area contributed by atoms with Crippen molar-refractivity contribution in [2.24, 2.45) is 0 Å². The second-order valence-electron chi connectivity index (χ2n) is 7.26. The van der Waals surface area contributed by atoms with Crippen LogP contribution >= 0.6 is 12.6 Å². The topological polar surface area (TPSA) is 75.7 Å². The monoisotopic (exact) mass is 434 g/mol. The number of methoxy groups -OCH3 is 1. The summed E-state index contributed by atoms with van der Waals surface area (Å²) in [7, 11) is -2.20. The Kier molecular flexibility index (Phi) is 6.55. The first kappa shape index (κ1) is 21.7. The molecule has 0 atom stereocenters. The summed E-state index contributed by atoms with van der Waals surface area (Å²) in [5, 5.41) is 2.99. The number of carbonyl (C=O) groups is 1. The number of hydrogen-bond donors (Lipinski definition) is 2. The minimum atomic E-state index is -3.67. The molecule has 0 saturated carbocycles. The number of amides is 1. The smallest absolute Gasteiger partial charge is 0.252 e. The van der Waals surface area contributed by atoms with Crippen molar-refractivity contribution >= 4 is 28.6 Å². The number of ether oxygens (including phenoxy) is 1. The summed E-state index contributed by atoms with van der Waals surface area (Å²) in [6.45, 7) is 4.48. The van der Waals surface area contributed by atoms with Gasteiger partial charge in [0.15, 0.2) is 0 Å². The second-order valence-corrected chi connectivity index (χ2v) is 9.64. The number of nitrogens with zero attached hydrogens (tertiary/aromatic N) is 1. The fraction of sp³-hybridized carbons (Fsp3) is 0.381. The minimum absolute atomic E-state index is 0.0801. The molecule has 1 aliphatic heterocycles. The van der Waals surface area contributed by atoms with Gasteiger partial charge < -0.3 is 10.1 Å². The van der Waals surface area contributed by atoms with Gasteiger partial charge in [0.05, 0.1) is 12.7 Å². The fourth-order valence-electron chi connectivity index (χ4n) is 3.43. The second kappa shape index (κ2) is 8.77. The third-order valence-corrected chi connectivity index (χ3v) is 7.65. The molecule has 1 aliphatic rings. The van der Waals surface area contributed by atoms with Gasteiger partial charge in [0.1, 0.15) is 10.6 Å². The lowest BCUT2D eigenvalue weighted by atomic mass is 10.1. The van der Waals surface area contributed by atoms with E-state index in [1.165, 1.54) is 11.4 Å². The van der Waals surface area contributed by atoms with E-state index in [1.807, 2.05) is 19.9 Å². The van der Waals surface area contributed by atoms with Gasteiger partial charge in [0.2, 0.25) is 10.0 Å². The molecular formula is C21H26N2O4S2. The maximum atomic E-state index is 13.2. The molecule has 0 aromatic heterocycles. The van der Waals surface area contributed by atoms with Crippen molar-refractivity contribution in [3.63, 3.8) is 0 Å². The van der Waals surface area contributed by atoms with Gasteiger partial charge in [-0.05, 0) is 62.1 Å². The van der Waals surface area contributed by atoms with Gasteiger partial charge in [-0.1, -0.05) is 12.1 Å². The van der Waals surface area contributed by atoms with Crippen LogP contribution in [0.4, 0.5) is 0 Å². The number of rotatable bonds is 5. The average Bonchev–Trinajstić information content (AvgIpc) is 2.70. The van der Waals surface area contributed by atoms with E-state index in [9.17, 15) is 13.2 Å². The number of sulfonamides is 1. The third kappa shape index (κ3) is 4.60. The Labute approximate surface area is 177 Å². The predicted octanol–water partition coefficient (Wildman–Crippen LogP) is 3.18. The van der Waals surface area contributed by atoms with E-state index >= 15 is 0 Å². The summed E-state index contributed by atoms with van der Waals surface area (Å²) >= 11 is 4.32. The van der Waals surface area contributed by atoms with Crippen LogP contribution in [-0.2, 0) is 10.0 Å². The molecule has 8 heteroatoms. The van der Waals surface area contributed by atoms with Crippen LogP contribution in [0, 0.1) is 13.8 Å². The molecule has 2 aromatic rings. The minimum Gasteiger partial charge on any atom is -0.495 e. The normalized spacial score (nSPS) is 15.9. The Hall–Kier alpha value is -2.03. The van der Waals surface area contributed by atoms with E-state index in [1.54, 1.807) is 30.3 Å². The largest absolute Gasteiger partial charge is 0.495 e. The van der Waals surface area contributed by atoms with Crippen LogP contribution in [0.3, 0.4) is 0 Å². The van der Waals surface area contributed by atoms with E-state index in [4.69, 9.17) is 4.74 Å². The Morgan fingerprint density at radius 2 is 1.76 bits per heavy atom. The molecule has 0 bridgehead atoms. The van der Waals surface area contributed by atoms with E-state index in [2.05, 4.69) is 17.9 Å². The molecule has 2 aromatic carbocycles. The average molecular weight is 435 g/mol. The molecule has 0 spiro atoms. The standard InChI is InChI=1S/C21H26N2O4S2/c1-14-12-18(27-3)20(13-15(14)2)29(25,26)23-10-8-16(9-11-23)22-21(24)17-6-4-5-7-19(17)28/h4-7,12-13,16,28H,8-11H2,1-3H3,(H,22,24). The van der Waals surface area contributed by atoms with Crippen molar-refractivity contribution < 1.29 is 17.9 Å². The van der Waals surface area contributed by atoms with Crippen molar-refractivity contribution in [2.45, 2.75) is 42.5 Å². The number of hydrogen-bond acceptors (Lipinski definition) is 5.